The Kier molecular flexibility index (Phi) is 8.77. The summed E-state index contributed by atoms with van der Waals surface area (Å²) in [6, 6.07) is 7.95. The van der Waals surface area contributed by atoms with Crippen LogP contribution >= 0.6 is 23.5 Å². The van der Waals surface area contributed by atoms with Gasteiger partial charge < -0.3 is 9.88 Å². The van der Waals surface area contributed by atoms with Crippen LogP contribution < -0.4 is 5.32 Å². The summed E-state index contributed by atoms with van der Waals surface area (Å²) in [6.07, 6.45) is 4.96. The molecule has 0 saturated heterocycles. The number of aromatic nitrogens is 3. The molecule has 0 saturated carbocycles. The first-order valence-corrected chi connectivity index (χ1v) is 10.8. The third-order valence-corrected chi connectivity index (χ3v) is 5.80. The van der Waals surface area contributed by atoms with E-state index in [0.717, 1.165) is 33.7 Å². The Morgan fingerprint density at radius 3 is 2.81 bits per heavy atom. The van der Waals surface area contributed by atoms with Crippen LogP contribution in [0.3, 0.4) is 0 Å². The average Bonchev–Trinajstić information content (AvgIpc) is 3.04. The van der Waals surface area contributed by atoms with Crippen LogP contribution in [0.15, 0.2) is 47.0 Å². The lowest BCUT2D eigenvalue weighted by molar-refractivity contribution is -0.113. The number of benzene rings is 1. The summed E-state index contributed by atoms with van der Waals surface area (Å²) >= 11 is 3.18. The molecule has 1 amide bonds. The van der Waals surface area contributed by atoms with E-state index in [2.05, 4.69) is 35.1 Å². The lowest BCUT2D eigenvalue weighted by Gasteiger charge is -2.11. The maximum absolute atomic E-state index is 12.4. The van der Waals surface area contributed by atoms with E-state index in [1.54, 1.807) is 11.8 Å². The van der Waals surface area contributed by atoms with E-state index in [0.29, 0.717) is 12.3 Å². The summed E-state index contributed by atoms with van der Waals surface area (Å²) in [7, 11) is 0. The molecule has 2 aromatic rings. The van der Waals surface area contributed by atoms with Crippen molar-refractivity contribution >= 4 is 35.1 Å². The van der Waals surface area contributed by atoms with Crippen LogP contribution in [0.2, 0.25) is 0 Å². The number of para-hydroxylation sites is 1. The second-order valence-corrected chi connectivity index (χ2v) is 7.77. The summed E-state index contributed by atoms with van der Waals surface area (Å²) in [6.45, 7) is 8.65. The maximum atomic E-state index is 12.4. The van der Waals surface area contributed by atoms with Crippen molar-refractivity contribution < 1.29 is 4.79 Å². The minimum atomic E-state index is -0.0373. The number of carbonyl (C=O) groups excluding carboxylic acids is 1. The largest absolute Gasteiger partial charge is 0.324 e. The Morgan fingerprint density at radius 2 is 2.08 bits per heavy atom. The number of amides is 1. The van der Waals surface area contributed by atoms with Crippen molar-refractivity contribution in [3.8, 4) is 0 Å². The normalized spacial score (nSPS) is 10.7. The van der Waals surface area contributed by atoms with Gasteiger partial charge in [-0.2, -0.15) is 0 Å². The van der Waals surface area contributed by atoms with Gasteiger partial charge in [0.05, 0.1) is 11.4 Å². The van der Waals surface area contributed by atoms with E-state index < -0.39 is 0 Å². The van der Waals surface area contributed by atoms with Gasteiger partial charge in [0.2, 0.25) is 5.91 Å². The molecule has 0 atom stereocenters. The number of allylic oxidation sites excluding steroid dienone is 1. The SMILES string of the molecule is C=CCn1c(CC)nnc1SCC(=O)Nc1ccccc1SCCCC. The summed E-state index contributed by atoms with van der Waals surface area (Å²) in [5, 5.41) is 12.2. The van der Waals surface area contributed by atoms with Crippen molar-refractivity contribution in [1.82, 2.24) is 14.8 Å². The molecule has 0 radical (unpaired) electrons. The van der Waals surface area contributed by atoms with E-state index in [4.69, 9.17) is 0 Å². The fourth-order valence-corrected chi connectivity index (χ4v) is 4.21. The number of carbonyl (C=O) groups is 1. The third kappa shape index (κ3) is 5.92. The number of nitrogens with zero attached hydrogens (tertiary/aromatic N) is 3. The standard InChI is InChI=1S/C19H26N4OS2/c1-4-7-13-25-16-11-9-8-10-15(16)20-18(24)14-26-19-22-21-17(6-3)23(19)12-5-2/h5,8-11H,2,4,6-7,12-14H2,1,3H3,(H,20,24). The molecule has 0 unspecified atom stereocenters. The smallest absolute Gasteiger partial charge is 0.234 e. The number of nitrogens with one attached hydrogen (secondary N) is 1. The summed E-state index contributed by atoms with van der Waals surface area (Å²) < 4.78 is 2.00. The monoisotopic (exact) mass is 390 g/mol. The topological polar surface area (TPSA) is 59.8 Å². The van der Waals surface area contributed by atoms with Gasteiger partial charge in [-0.15, -0.1) is 28.5 Å². The molecule has 0 aliphatic carbocycles. The van der Waals surface area contributed by atoms with Gasteiger partial charge in [0.1, 0.15) is 5.82 Å². The minimum absolute atomic E-state index is 0.0373. The number of rotatable bonds is 11. The van der Waals surface area contributed by atoms with Gasteiger partial charge in [-0.3, -0.25) is 4.79 Å². The van der Waals surface area contributed by atoms with Gasteiger partial charge in [0.25, 0.3) is 0 Å². The highest BCUT2D eigenvalue weighted by molar-refractivity contribution is 8.00. The van der Waals surface area contributed by atoms with Crippen LogP contribution in [0, 0.1) is 0 Å². The molecular formula is C19H26N4OS2. The zero-order chi connectivity index (χ0) is 18.8. The molecule has 0 fully saturated rings. The molecule has 1 aromatic heterocycles. The second kappa shape index (κ2) is 11.1. The van der Waals surface area contributed by atoms with E-state index in [1.165, 1.54) is 24.6 Å². The first-order valence-electron chi connectivity index (χ1n) is 8.87. The molecule has 0 bridgehead atoms. The maximum Gasteiger partial charge on any atom is 0.234 e. The van der Waals surface area contributed by atoms with E-state index in [9.17, 15) is 4.79 Å². The van der Waals surface area contributed by atoms with Crippen LogP contribution in [-0.2, 0) is 17.8 Å². The van der Waals surface area contributed by atoms with Gasteiger partial charge in [0, 0.05) is 17.9 Å². The fourth-order valence-electron chi connectivity index (χ4n) is 2.34. The average molecular weight is 391 g/mol. The van der Waals surface area contributed by atoms with Crippen LogP contribution in [-0.4, -0.2) is 32.2 Å². The first-order chi connectivity index (χ1) is 12.7. The lowest BCUT2D eigenvalue weighted by atomic mass is 10.3. The molecule has 1 aromatic carbocycles. The molecule has 140 valence electrons. The van der Waals surface area contributed by atoms with Crippen molar-refractivity contribution in [3.05, 3.63) is 42.7 Å². The summed E-state index contributed by atoms with van der Waals surface area (Å²) in [5.41, 5.74) is 0.876. The molecule has 0 aliphatic rings. The fraction of sp³-hybridized carbons (Fsp3) is 0.421. The van der Waals surface area contributed by atoms with E-state index >= 15 is 0 Å². The predicted molar refractivity (Wildman–Crippen MR) is 111 cm³/mol. The zero-order valence-corrected chi connectivity index (χ0v) is 17.0. The van der Waals surface area contributed by atoms with E-state index in [-0.39, 0.29) is 5.91 Å². The first kappa shape index (κ1) is 20.6. The Bertz CT molecular complexity index is 730. The number of unbranched alkanes of at least 4 members (excludes halogenated alkanes) is 1. The quantitative estimate of drug-likeness (QED) is 0.344. The zero-order valence-electron chi connectivity index (χ0n) is 15.4. The minimum Gasteiger partial charge on any atom is -0.324 e. The van der Waals surface area contributed by atoms with Crippen LogP contribution in [0.1, 0.15) is 32.5 Å². The second-order valence-electron chi connectivity index (χ2n) is 5.69. The van der Waals surface area contributed by atoms with Gasteiger partial charge in [-0.25, -0.2) is 0 Å². The molecule has 1 heterocycles. The highest BCUT2D eigenvalue weighted by Crippen LogP contribution is 2.28. The third-order valence-electron chi connectivity index (χ3n) is 3.67. The van der Waals surface area contributed by atoms with Crippen molar-refractivity contribution in [2.75, 3.05) is 16.8 Å². The molecule has 0 aliphatic heterocycles. The number of anilines is 1. The molecule has 5 nitrogen and oxygen atoms in total. The van der Waals surface area contributed by atoms with Crippen molar-refractivity contribution in [2.45, 2.75) is 49.7 Å². The molecule has 7 heteroatoms. The summed E-state index contributed by atoms with van der Waals surface area (Å²) in [5.74, 6) is 2.23. The van der Waals surface area contributed by atoms with Gasteiger partial charge in [-0.1, -0.05) is 50.2 Å². The Hall–Kier alpha value is -1.73. The highest BCUT2D eigenvalue weighted by atomic mass is 32.2. The van der Waals surface area contributed by atoms with Crippen LogP contribution in [0.25, 0.3) is 0 Å². The van der Waals surface area contributed by atoms with Gasteiger partial charge >= 0.3 is 0 Å². The summed E-state index contributed by atoms with van der Waals surface area (Å²) in [4.78, 5) is 13.5. The van der Waals surface area contributed by atoms with Crippen molar-refractivity contribution in [1.29, 1.82) is 0 Å². The number of hydrogen-bond donors (Lipinski definition) is 1. The van der Waals surface area contributed by atoms with Crippen molar-refractivity contribution in [3.63, 3.8) is 0 Å². The number of thioether (sulfide) groups is 2. The van der Waals surface area contributed by atoms with Crippen molar-refractivity contribution in [2.24, 2.45) is 0 Å². The highest BCUT2D eigenvalue weighted by Gasteiger charge is 2.13. The Morgan fingerprint density at radius 1 is 1.27 bits per heavy atom. The molecule has 0 spiro atoms. The van der Waals surface area contributed by atoms with Crippen LogP contribution in [0.5, 0.6) is 0 Å². The number of aryl methyl sites for hydroxylation is 1. The molecular weight excluding hydrogens is 364 g/mol. The Labute approximate surface area is 164 Å². The predicted octanol–water partition coefficient (Wildman–Crippen LogP) is 4.65. The number of hydrogen-bond acceptors (Lipinski definition) is 5. The molecule has 1 N–H and O–H groups in total. The Balaban J connectivity index is 1.95. The van der Waals surface area contributed by atoms with Gasteiger partial charge in [-0.05, 0) is 24.3 Å². The lowest BCUT2D eigenvalue weighted by Crippen LogP contribution is -2.15. The molecule has 2 rings (SSSR count). The van der Waals surface area contributed by atoms with Crippen LogP contribution in [0.4, 0.5) is 5.69 Å². The van der Waals surface area contributed by atoms with E-state index in [1.807, 2.05) is 35.8 Å². The molecule has 26 heavy (non-hydrogen) atoms. The van der Waals surface area contributed by atoms with Gasteiger partial charge in [0.15, 0.2) is 5.16 Å².